The molecule has 4 fully saturated rings. The number of nitrogens with two attached hydrogens (primary N) is 1. The van der Waals surface area contributed by atoms with E-state index in [1.54, 1.807) is 11.1 Å². The van der Waals surface area contributed by atoms with Gasteiger partial charge in [0.2, 0.25) is 0 Å². The van der Waals surface area contributed by atoms with Gasteiger partial charge in [0.05, 0.1) is 11.1 Å². The molecule has 11 heteroatoms. The predicted molar refractivity (Wildman–Crippen MR) is 123 cm³/mol. The largest absolute Gasteiger partial charge is 0.573 e. The molecule has 3 N–H and O–H groups in total. The number of amides is 1. The summed E-state index contributed by atoms with van der Waals surface area (Å²) < 4.78 is 47.2. The van der Waals surface area contributed by atoms with E-state index >= 15 is 0 Å². The molecule has 3 saturated heterocycles. The van der Waals surface area contributed by atoms with Crippen LogP contribution in [0.15, 0.2) is 36.5 Å². The molecular weight excluding hydrogens is 475 g/mol. The Balaban J connectivity index is 1.14. The van der Waals surface area contributed by atoms with Crippen LogP contribution in [-0.2, 0) is 4.74 Å². The summed E-state index contributed by atoms with van der Waals surface area (Å²) in [5, 5.41) is 0. The van der Waals surface area contributed by atoms with Gasteiger partial charge in [-0.1, -0.05) is 0 Å². The number of aromatic nitrogens is 3. The highest BCUT2D eigenvalue weighted by atomic mass is 19.4. The number of nitrogens with zero attached hydrogens (tertiary/aromatic N) is 3. The van der Waals surface area contributed by atoms with Crippen LogP contribution in [0.25, 0.3) is 11.2 Å². The molecule has 3 aromatic rings. The fourth-order valence-corrected chi connectivity index (χ4v) is 6.12. The first kappa shape index (κ1) is 23.2. The number of imidazole rings is 1. The second-order valence-electron chi connectivity index (χ2n) is 10.4. The van der Waals surface area contributed by atoms with E-state index in [0.717, 1.165) is 48.9 Å². The number of piperidine rings is 1. The third kappa shape index (κ3) is 4.00. The topological polar surface area (TPSA) is 106 Å². The zero-order valence-corrected chi connectivity index (χ0v) is 19.6. The number of nitrogens with one attached hydrogen (secondary N) is 1. The first-order chi connectivity index (χ1) is 17.0. The van der Waals surface area contributed by atoms with Gasteiger partial charge in [-0.05, 0) is 74.4 Å². The number of ether oxygens (including phenoxy) is 2. The highest BCUT2D eigenvalue weighted by Crippen LogP contribution is 2.59. The Morgan fingerprint density at radius 3 is 2.50 bits per heavy atom. The molecule has 1 amide bonds. The summed E-state index contributed by atoms with van der Waals surface area (Å²) in [6.45, 7) is 3.13. The van der Waals surface area contributed by atoms with Gasteiger partial charge in [-0.15, -0.1) is 13.2 Å². The first-order valence-electron chi connectivity index (χ1n) is 12.0. The van der Waals surface area contributed by atoms with Gasteiger partial charge < -0.3 is 25.1 Å². The zero-order valence-electron chi connectivity index (χ0n) is 19.6. The molecular formula is C25H26F3N5O3. The number of hydrogen-bond acceptors (Lipinski definition) is 6. The summed E-state index contributed by atoms with van der Waals surface area (Å²) >= 11 is 0. The molecule has 190 valence electrons. The van der Waals surface area contributed by atoms with E-state index in [2.05, 4.69) is 21.6 Å². The average molecular weight is 502 g/mol. The lowest BCUT2D eigenvalue weighted by molar-refractivity contribution is -0.274. The van der Waals surface area contributed by atoms with Gasteiger partial charge in [-0.3, -0.25) is 4.79 Å². The second kappa shape index (κ2) is 7.91. The van der Waals surface area contributed by atoms with E-state index in [-0.39, 0.29) is 29.3 Å². The Labute approximate surface area is 205 Å². The highest BCUT2D eigenvalue weighted by Gasteiger charge is 2.65. The van der Waals surface area contributed by atoms with Crippen molar-refractivity contribution < 1.29 is 27.4 Å². The minimum Gasteiger partial charge on any atom is -0.406 e. The smallest absolute Gasteiger partial charge is 0.406 e. The van der Waals surface area contributed by atoms with Crippen LogP contribution in [0.4, 0.5) is 13.2 Å². The third-order valence-electron chi connectivity index (χ3n) is 7.57. The van der Waals surface area contributed by atoms with Gasteiger partial charge in [0.15, 0.2) is 5.65 Å². The maximum atomic E-state index is 12.9. The van der Waals surface area contributed by atoms with Crippen LogP contribution in [-0.4, -0.2) is 56.4 Å². The number of H-pyrrole nitrogens is 1. The lowest BCUT2D eigenvalue weighted by Gasteiger charge is -2.39. The number of alkyl halides is 3. The Kier molecular flexibility index (Phi) is 5.10. The summed E-state index contributed by atoms with van der Waals surface area (Å²) in [5.41, 5.74) is 8.86. The maximum Gasteiger partial charge on any atom is 0.573 e. The molecule has 1 aromatic carbocycles. The molecule has 1 saturated carbocycles. The van der Waals surface area contributed by atoms with Crippen molar-refractivity contribution in [3.05, 3.63) is 53.5 Å². The number of pyridine rings is 1. The fourth-order valence-electron chi connectivity index (χ4n) is 6.12. The molecule has 5 heterocycles. The van der Waals surface area contributed by atoms with Crippen LogP contribution >= 0.6 is 0 Å². The predicted octanol–water partition coefficient (Wildman–Crippen LogP) is 4.20. The maximum absolute atomic E-state index is 12.9. The normalized spacial score (nSPS) is 28.4. The van der Waals surface area contributed by atoms with E-state index in [0.29, 0.717) is 30.1 Å². The number of carbonyl (C=O) groups excluding carboxylic acids is 1. The summed E-state index contributed by atoms with van der Waals surface area (Å²) in [6.07, 6.45) is -0.190. The minimum atomic E-state index is -4.77. The molecule has 0 radical (unpaired) electrons. The summed E-state index contributed by atoms with van der Waals surface area (Å²) in [7, 11) is 0. The van der Waals surface area contributed by atoms with Crippen LogP contribution in [0.1, 0.15) is 66.4 Å². The highest BCUT2D eigenvalue weighted by molar-refractivity contribution is 5.94. The quantitative estimate of drug-likeness (QED) is 0.555. The number of carbonyl (C=O) groups is 1. The number of aromatic amines is 1. The lowest BCUT2D eigenvalue weighted by Crippen LogP contribution is -2.54. The SMILES string of the molecule is CC12CC(N)(C1)[C@H](c1nc3c(C4CCN(C(=O)c5ccc(OC(F)(F)F)cc5)CC4)ccnc3[nH]1)O2. The van der Waals surface area contributed by atoms with Crippen molar-refractivity contribution in [1.82, 2.24) is 19.9 Å². The van der Waals surface area contributed by atoms with Crippen molar-refractivity contribution >= 4 is 17.1 Å². The summed E-state index contributed by atoms with van der Waals surface area (Å²) in [5.74, 6) is 0.334. The standard InChI is InChI=1S/C25H26F3N5O3/c1-23-12-24(29,13-23)19(36-23)21-31-18-17(6-9-30-20(18)32-21)14-7-10-33(11-8-14)22(34)15-2-4-16(5-3-15)35-25(26,27)28/h2-6,9,14,19H,7-8,10-13,29H2,1H3,(H,30,31,32)/t19-,23?,24?/m0/s1. The van der Waals surface area contributed by atoms with Crippen molar-refractivity contribution in [2.45, 2.75) is 62.1 Å². The average Bonchev–Trinajstić information content (AvgIpc) is 3.44. The Bertz CT molecular complexity index is 1310. The van der Waals surface area contributed by atoms with Crippen LogP contribution < -0.4 is 10.5 Å². The molecule has 4 aliphatic rings. The van der Waals surface area contributed by atoms with Crippen molar-refractivity contribution in [3.8, 4) is 5.75 Å². The number of halogens is 3. The Morgan fingerprint density at radius 1 is 1.19 bits per heavy atom. The molecule has 0 spiro atoms. The number of fused-ring (bicyclic) bond motifs is 2. The molecule has 0 unspecified atom stereocenters. The van der Waals surface area contributed by atoms with E-state index in [4.69, 9.17) is 15.5 Å². The number of benzene rings is 1. The van der Waals surface area contributed by atoms with Crippen LogP contribution in [0.5, 0.6) is 5.75 Å². The zero-order chi connectivity index (χ0) is 25.3. The van der Waals surface area contributed by atoms with Gasteiger partial charge in [-0.25, -0.2) is 9.97 Å². The van der Waals surface area contributed by atoms with Gasteiger partial charge in [0.25, 0.3) is 5.91 Å². The van der Waals surface area contributed by atoms with E-state index in [1.807, 2.05) is 6.07 Å². The van der Waals surface area contributed by atoms with Gasteiger partial charge >= 0.3 is 6.36 Å². The number of hydrogen-bond donors (Lipinski definition) is 2. The molecule has 2 bridgehead atoms. The Morgan fingerprint density at radius 2 is 1.89 bits per heavy atom. The van der Waals surface area contributed by atoms with E-state index < -0.39 is 11.9 Å². The van der Waals surface area contributed by atoms with E-state index in [9.17, 15) is 18.0 Å². The number of rotatable bonds is 4. The van der Waals surface area contributed by atoms with Gasteiger partial charge in [0.1, 0.15) is 23.2 Å². The van der Waals surface area contributed by atoms with Crippen molar-refractivity contribution in [2.75, 3.05) is 13.1 Å². The molecule has 1 atom stereocenters. The summed E-state index contributed by atoms with van der Waals surface area (Å²) in [6, 6.07) is 6.99. The number of likely N-dealkylation sites (tertiary alicyclic amines) is 1. The first-order valence-corrected chi connectivity index (χ1v) is 12.0. The van der Waals surface area contributed by atoms with E-state index in [1.165, 1.54) is 12.1 Å². The van der Waals surface area contributed by atoms with Crippen molar-refractivity contribution in [1.29, 1.82) is 0 Å². The Hall–Kier alpha value is -3.18. The fraction of sp³-hybridized carbons (Fsp3) is 0.480. The van der Waals surface area contributed by atoms with Crippen LogP contribution in [0, 0.1) is 0 Å². The monoisotopic (exact) mass is 501 g/mol. The van der Waals surface area contributed by atoms with Gasteiger partial charge in [-0.2, -0.15) is 0 Å². The third-order valence-corrected chi connectivity index (χ3v) is 7.57. The molecule has 1 aliphatic carbocycles. The lowest BCUT2D eigenvalue weighted by atomic mass is 9.67. The molecule has 36 heavy (non-hydrogen) atoms. The minimum absolute atomic E-state index is 0.181. The summed E-state index contributed by atoms with van der Waals surface area (Å²) in [4.78, 5) is 27.3. The molecule has 3 aliphatic heterocycles. The van der Waals surface area contributed by atoms with Crippen molar-refractivity contribution in [3.63, 3.8) is 0 Å². The molecule has 7 rings (SSSR count). The molecule has 2 aromatic heterocycles. The van der Waals surface area contributed by atoms with Gasteiger partial charge in [0, 0.05) is 24.8 Å². The van der Waals surface area contributed by atoms with Crippen molar-refractivity contribution in [2.24, 2.45) is 5.73 Å². The van der Waals surface area contributed by atoms with Crippen LogP contribution in [0.2, 0.25) is 0 Å². The molecule has 8 nitrogen and oxygen atoms in total. The second-order valence-corrected chi connectivity index (χ2v) is 10.4. The van der Waals surface area contributed by atoms with Crippen LogP contribution in [0.3, 0.4) is 0 Å².